The molecule has 0 bridgehead atoms. The Hall–Kier alpha value is -1.45. The molecule has 2 heterocycles. The number of nitrogens with zero attached hydrogens (tertiary/aromatic N) is 1. The first kappa shape index (κ1) is 17.4. The first-order valence-corrected chi connectivity index (χ1v) is 10.0. The van der Waals surface area contributed by atoms with Crippen molar-refractivity contribution in [1.29, 1.82) is 0 Å². The van der Waals surface area contributed by atoms with E-state index in [4.69, 9.17) is 11.5 Å². The maximum atomic E-state index is 6.34. The Morgan fingerprint density at radius 3 is 2.79 bits per heavy atom. The zero-order chi connectivity index (χ0) is 17.1. The summed E-state index contributed by atoms with van der Waals surface area (Å²) in [6.45, 7) is 6.75. The van der Waals surface area contributed by atoms with E-state index in [0.29, 0.717) is 8.58 Å². The lowest BCUT2D eigenvalue weighted by atomic mass is 9.99. The third kappa shape index (κ3) is 3.96. The Morgan fingerprint density at radius 1 is 1.33 bits per heavy atom. The molecule has 0 radical (unpaired) electrons. The zero-order valence-corrected chi connectivity index (χ0v) is 15.7. The minimum absolute atomic E-state index is 0.0183. The number of hydrogen-bond acceptors (Lipinski definition) is 5. The van der Waals surface area contributed by atoms with Gasteiger partial charge in [-0.1, -0.05) is 28.5 Å². The molecule has 0 spiro atoms. The van der Waals surface area contributed by atoms with Crippen LogP contribution < -0.4 is 27.0 Å². The Kier molecular flexibility index (Phi) is 5.52. The van der Waals surface area contributed by atoms with Gasteiger partial charge in [0.1, 0.15) is 12.0 Å². The highest BCUT2D eigenvalue weighted by Crippen LogP contribution is 2.36. The molecule has 3 rings (SSSR count). The van der Waals surface area contributed by atoms with Gasteiger partial charge < -0.3 is 27.0 Å². The molecule has 3 unspecified atom stereocenters. The number of nitrogens with one attached hydrogen (secondary N) is 2. The Labute approximate surface area is 147 Å². The van der Waals surface area contributed by atoms with Crippen molar-refractivity contribution in [2.45, 2.75) is 45.1 Å². The summed E-state index contributed by atoms with van der Waals surface area (Å²) in [7, 11) is 0.575. The molecule has 1 aromatic rings. The molecule has 0 amide bonds. The topological polar surface area (TPSA) is 79.3 Å². The molecule has 0 aromatic heterocycles. The summed E-state index contributed by atoms with van der Waals surface area (Å²) < 4.78 is 0. The quantitative estimate of drug-likeness (QED) is 0.630. The van der Waals surface area contributed by atoms with Crippen LogP contribution in [0.4, 0.5) is 11.4 Å². The fourth-order valence-electron chi connectivity index (χ4n) is 3.36. The van der Waals surface area contributed by atoms with Crippen molar-refractivity contribution in [3.05, 3.63) is 35.4 Å². The Bertz CT molecular complexity index is 595. The van der Waals surface area contributed by atoms with Crippen molar-refractivity contribution in [1.82, 2.24) is 5.32 Å². The molecule has 6 N–H and O–H groups in total. The van der Waals surface area contributed by atoms with Gasteiger partial charge in [-0.2, -0.15) is 0 Å². The number of allylic oxidation sites excluding steroid dienone is 1. The molecule has 0 saturated carbocycles. The normalized spacial score (nSPS) is 26.5. The summed E-state index contributed by atoms with van der Waals surface area (Å²) in [5, 5.41) is 8.11. The molecule has 1 aromatic carbocycles. The molecule has 1 saturated heterocycles. The van der Waals surface area contributed by atoms with Crippen LogP contribution in [0.15, 0.2) is 35.4 Å². The third-order valence-corrected chi connectivity index (χ3v) is 6.64. The molecule has 2 aliphatic heterocycles. The van der Waals surface area contributed by atoms with Gasteiger partial charge in [0.15, 0.2) is 0 Å². The highest BCUT2D eigenvalue weighted by Gasteiger charge is 2.25. The maximum Gasteiger partial charge on any atom is 0.117 e. The van der Waals surface area contributed by atoms with Gasteiger partial charge >= 0.3 is 0 Å². The average Bonchev–Trinajstić information content (AvgIpc) is 2.59. The van der Waals surface area contributed by atoms with Crippen molar-refractivity contribution in [2.75, 3.05) is 23.3 Å². The highest BCUT2D eigenvalue weighted by molar-refractivity contribution is 7.44. The molecule has 3 atom stereocenters. The lowest BCUT2D eigenvalue weighted by Crippen LogP contribution is -2.51. The zero-order valence-electron chi connectivity index (χ0n) is 14.7. The average molecular weight is 347 g/mol. The fourth-order valence-corrected chi connectivity index (χ4v) is 4.53. The predicted octanol–water partition coefficient (Wildman–Crippen LogP) is 2.77. The summed E-state index contributed by atoms with van der Waals surface area (Å²) in [5.74, 6) is 1.68. The van der Waals surface area contributed by atoms with E-state index in [2.05, 4.69) is 53.6 Å². The number of rotatable bonds is 4. The van der Waals surface area contributed by atoms with Gasteiger partial charge in [0.25, 0.3) is 0 Å². The molecule has 6 heteroatoms. The molecule has 132 valence electrons. The van der Waals surface area contributed by atoms with E-state index in [0.717, 1.165) is 36.9 Å². The van der Waals surface area contributed by atoms with Crippen LogP contribution in [0.3, 0.4) is 0 Å². The van der Waals surface area contributed by atoms with Crippen LogP contribution >= 0.6 is 8.58 Å². The Balaban J connectivity index is 1.68. The van der Waals surface area contributed by atoms with Crippen molar-refractivity contribution in [2.24, 2.45) is 17.4 Å². The third-order valence-electron chi connectivity index (χ3n) is 5.01. The van der Waals surface area contributed by atoms with Crippen LogP contribution in [0.25, 0.3) is 0 Å². The minimum atomic E-state index is -0.0183. The van der Waals surface area contributed by atoms with Gasteiger partial charge in [-0.3, -0.25) is 0 Å². The first-order chi connectivity index (χ1) is 11.6. The van der Waals surface area contributed by atoms with E-state index in [1.54, 1.807) is 0 Å². The van der Waals surface area contributed by atoms with E-state index in [1.165, 1.54) is 23.8 Å². The summed E-state index contributed by atoms with van der Waals surface area (Å²) in [6.07, 6.45) is 3.49. The number of hydrogen-bond donors (Lipinski definition) is 4. The number of anilines is 2. The summed E-state index contributed by atoms with van der Waals surface area (Å²) in [4.78, 5) is 2.48. The van der Waals surface area contributed by atoms with Crippen LogP contribution in [0, 0.1) is 5.92 Å². The highest BCUT2D eigenvalue weighted by atomic mass is 31.1. The van der Waals surface area contributed by atoms with E-state index >= 15 is 0 Å². The largest absolute Gasteiger partial charge is 0.385 e. The minimum Gasteiger partial charge on any atom is -0.385 e. The first-order valence-electron chi connectivity index (χ1n) is 8.95. The standard InChI is InChI=1S/C18H30N5P/c1-3-15-16(19)22-18(17(20)24-15)21-13-5-4-6-14(11-13)23-9-7-12(2)8-10-23/h4-6,11-12,17-18,21-22,24H,3,7-10,19-20H2,1-2H3. The van der Waals surface area contributed by atoms with Crippen molar-refractivity contribution >= 4 is 20.0 Å². The van der Waals surface area contributed by atoms with Gasteiger partial charge in [-0.25, -0.2) is 0 Å². The summed E-state index contributed by atoms with van der Waals surface area (Å²) in [6, 6.07) is 8.63. The molecule has 1 fully saturated rings. The summed E-state index contributed by atoms with van der Waals surface area (Å²) in [5.41, 5.74) is 14.8. The second-order valence-corrected chi connectivity index (χ2v) is 8.46. The van der Waals surface area contributed by atoms with E-state index < -0.39 is 0 Å². The van der Waals surface area contributed by atoms with E-state index in [9.17, 15) is 0 Å². The second kappa shape index (κ2) is 7.62. The molecule has 5 nitrogen and oxygen atoms in total. The SMILES string of the molecule is CCC1=C(N)NC(Nc2cccc(N3CCC(C)CC3)c2)C(N)P1. The molecule has 0 aliphatic carbocycles. The van der Waals surface area contributed by atoms with Gasteiger partial charge in [-0.05, 0) is 48.7 Å². The van der Waals surface area contributed by atoms with Crippen molar-refractivity contribution in [3.8, 4) is 0 Å². The van der Waals surface area contributed by atoms with Crippen LogP contribution in [-0.4, -0.2) is 25.0 Å². The molecular formula is C18H30N5P. The number of piperidine rings is 1. The maximum absolute atomic E-state index is 6.34. The van der Waals surface area contributed by atoms with Gasteiger partial charge in [0.2, 0.25) is 0 Å². The van der Waals surface area contributed by atoms with Gasteiger partial charge in [0.05, 0.1) is 5.78 Å². The van der Waals surface area contributed by atoms with Crippen LogP contribution in [0.1, 0.15) is 33.1 Å². The number of benzene rings is 1. The second-order valence-electron chi connectivity index (χ2n) is 6.90. The van der Waals surface area contributed by atoms with Gasteiger partial charge in [0, 0.05) is 24.5 Å². The van der Waals surface area contributed by atoms with Crippen LogP contribution in [0.5, 0.6) is 0 Å². The van der Waals surface area contributed by atoms with Crippen LogP contribution in [-0.2, 0) is 0 Å². The summed E-state index contributed by atoms with van der Waals surface area (Å²) >= 11 is 0. The fraction of sp³-hybridized carbons (Fsp3) is 0.556. The van der Waals surface area contributed by atoms with Crippen molar-refractivity contribution in [3.63, 3.8) is 0 Å². The lowest BCUT2D eigenvalue weighted by molar-refractivity contribution is 0.438. The molecular weight excluding hydrogens is 317 g/mol. The van der Waals surface area contributed by atoms with Gasteiger partial charge in [-0.15, -0.1) is 0 Å². The molecule has 24 heavy (non-hydrogen) atoms. The predicted molar refractivity (Wildman–Crippen MR) is 105 cm³/mol. The van der Waals surface area contributed by atoms with Crippen molar-refractivity contribution < 1.29 is 0 Å². The smallest absolute Gasteiger partial charge is 0.117 e. The number of nitrogens with two attached hydrogens (primary N) is 2. The van der Waals surface area contributed by atoms with Crippen LogP contribution in [0.2, 0.25) is 0 Å². The lowest BCUT2D eigenvalue weighted by Gasteiger charge is -2.35. The van der Waals surface area contributed by atoms with E-state index in [-0.39, 0.29) is 11.9 Å². The van der Waals surface area contributed by atoms with E-state index in [1.807, 2.05) is 0 Å². The monoisotopic (exact) mass is 347 g/mol. The molecule has 2 aliphatic rings. The Morgan fingerprint density at radius 2 is 2.08 bits per heavy atom.